The van der Waals surface area contributed by atoms with Gasteiger partial charge in [-0.2, -0.15) is 9.97 Å². The van der Waals surface area contributed by atoms with Gasteiger partial charge in [0.1, 0.15) is 11.6 Å². The number of aromatic nitrogens is 2. The Kier molecular flexibility index (Phi) is 3.53. The number of hydrogen-bond acceptors (Lipinski definition) is 5. The smallest absolute Gasteiger partial charge is 0.223 e. The molecule has 5 nitrogen and oxygen atoms in total. The maximum Gasteiger partial charge on any atom is 0.223 e. The predicted octanol–water partition coefficient (Wildman–Crippen LogP) is 2.81. The average molecular weight is 264 g/mol. The van der Waals surface area contributed by atoms with Crippen LogP contribution in [0.4, 0.5) is 23.3 Å². The molecule has 1 aromatic carbocycles. The normalized spacial score (nSPS) is 10.2. The zero-order valence-corrected chi connectivity index (χ0v) is 10.9. The molecule has 0 aliphatic heterocycles. The van der Waals surface area contributed by atoms with Crippen molar-refractivity contribution in [1.29, 1.82) is 0 Å². The number of halogens is 1. The van der Waals surface area contributed by atoms with E-state index in [0.717, 1.165) is 11.3 Å². The highest BCUT2D eigenvalue weighted by atomic mass is 35.5. The molecular formula is C12H14ClN5. The molecule has 0 aliphatic carbocycles. The number of nitrogens with two attached hydrogens (primary N) is 1. The Morgan fingerprint density at radius 1 is 1.17 bits per heavy atom. The molecule has 0 spiro atoms. The van der Waals surface area contributed by atoms with E-state index in [0.29, 0.717) is 16.7 Å². The number of benzene rings is 1. The highest BCUT2D eigenvalue weighted by Gasteiger charge is 2.04. The van der Waals surface area contributed by atoms with E-state index in [2.05, 4.69) is 20.6 Å². The van der Waals surface area contributed by atoms with E-state index in [9.17, 15) is 0 Å². The third-order valence-electron chi connectivity index (χ3n) is 2.39. The number of nitrogen functional groups attached to an aromatic ring is 1. The van der Waals surface area contributed by atoms with Crippen LogP contribution in [0.2, 0.25) is 5.02 Å². The van der Waals surface area contributed by atoms with Gasteiger partial charge in [0.25, 0.3) is 0 Å². The Morgan fingerprint density at radius 2 is 1.89 bits per heavy atom. The van der Waals surface area contributed by atoms with Crippen molar-refractivity contribution in [2.24, 2.45) is 0 Å². The number of rotatable bonds is 3. The molecule has 1 heterocycles. The van der Waals surface area contributed by atoms with Gasteiger partial charge in [0.2, 0.25) is 5.95 Å². The van der Waals surface area contributed by atoms with E-state index >= 15 is 0 Å². The summed E-state index contributed by atoms with van der Waals surface area (Å²) in [6, 6.07) is 7.51. The summed E-state index contributed by atoms with van der Waals surface area (Å²) in [6.45, 7) is 1.98. The molecule has 0 atom stereocenters. The minimum Gasteiger partial charge on any atom is -0.373 e. The van der Waals surface area contributed by atoms with E-state index in [4.69, 9.17) is 17.3 Å². The fourth-order valence-electron chi connectivity index (χ4n) is 1.52. The van der Waals surface area contributed by atoms with E-state index in [1.54, 1.807) is 13.1 Å². The molecule has 2 aromatic rings. The van der Waals surface area contributed by atoms with Crippen molar-refractivity contribution < 1.29 is 0 Å². The van der Waals surface area contributed by atoms with E-state index in [-0.39, 0.29) is 5.95 Å². The zero-order chi connectivity index (χ0) is 13.1. The van der Waals surface area contributed by atoms with Crippen LogP contribution in [0, 0.1) is 6.92 Å². The molecule has 0 bridgehead atoms. The lowest BCUT2D eigenvalue weighted by atomic mass is 10.2. The summed E-state index contributed by atoms with van der Waals surface area (Å²) in [4.78, 5) is 8.11. The second-order valence-electron chi connectivity index (χ2n) is 3.85. The summed E-state index contributed by atoms with van der Waals surface area (Å²) in [5, 5.41) is 6.66. The van der Waals surface area contributed by atoms with Crippen LogP contribution in [0.5, 0.6) is 0 Å². The molecule has 18 heavy (non-hydrogen) atoms. The van der Waals surface area contributed by atoms with Crippen LogP contribution in [-0.2, 0) is 0 Å². The Hall–Kier alpha value is -2.01. The van der Waals surface area contributed by atoms with Crippen LogP contribution < -0.4 is 16.4 Å². The zero-order valence-electron chi connectivity index (χ0n) is 10.2. The van der Waals surface area contributed by atoms with Crippen molar-refractivity contribution >= 4 is 34.9 Å². The lowest BCUT2D eigenvalue weighted by Crippen LogP contribution is -2.03. The Labute approximate surface area is 110 Å². The standard InChI is InChI=1S/C12H14ClN5/c1-7-3-4-9(8(13)5-7)16-11-6-10(15-2)17-12(14)18-11/h3-6H,1-2H3,(H4,14,15,16,17,18). The van der Waals surface area contributed by atoms with E-state index in [1.807, 2.05) is 25.1 Å². The third kappa shape index (κ3) is 2.81. The van der Waals surface area contributed by atoms with Gasteiger partial charge in [-0.05, 0) is 24.6 Å². The molecule has 0 amide bonds. The number of anilines is 4. The van der Waals surface area contributed by atoms with Crippen LogP contribution in [0.15, 0.2) is 24.3 Å². The molecule has 0 fully saturated rings. The van der Waals surface area contributed by atoms with Gasteiger partial charge >= 0.3 is 0 Å². The molecule has 6 heteroatoms. The summed E-state index contributed by atoms with van der Waals surface area (Å²) < 4.78 is 0. The molecule has 0 saturated heterocycles. The van der Waals surface area contributed by atoms with Gasteiger partial charge in [0.15, 0.2) is 0 Å². The van der Waals surface area contributed by atoms with Crippen LogP contribution in [0.1, 0.15) is 5.56 Å². The molecule has 1 aromatic heterocycles. The highest BCUT2D eigenvalue weighted by Crippen LogP contribution is 2.26. The molecule has 0 unspecified atom stereocenters. The van der Waals surface area contributed by atoms with Crippen molar-refractivity contribution in [2.75, 3.05) is 23.4 Å². The van der Waals surface area contributed by atoms with E-state index < -0.39 is 0 Å². The lowest BCUT2D eigenvalue weighted by molar-refractivity contribution is 1.17. The van der Waals surface area contributed by atoms with Crippen LogP contribution in [0.3, 0.4) is 0 Å². The molecule has 0 aliphatic rings. The number of hydrogen-bond donors (Lipinski definition) is 3. The Balaban J connectivity index is 2.30. The van der Waals surface area contributed by atoms with Gasteiger partial charge in [-0.3, -0.25) is 0 Å². The van der Waals surface area contributed by atoms with E-state index in [1.165, 1.54) is 0 Å². The summed E-state index contributed by atoms with van der Waals surface area (Å²) in [7, 11) is 1.77. The SMILES string of the molecule is CNc1cc(Nc2ccc(C)cc2Cl)nc(N)n1. The Bertz CT molecular complexity index is 570. The van der Waals surface area contributed by atoms with Crippen molar-refractivity contribution in [3.8, 4) is 0 Å². The van der Waals surface area contributed by atoms with Gasteiger partial charge in [-0.1, -0.05) is 17.7 Å². The second kappa shape index (κ2) is 5.10. The van der Waals surface area contributed by atoms with Crippen molar-refractivity contribution in [3.05, 3.63) is 34.9 Å². The van der Waals surface area contributed by atoms with Crippen molar-refractivity contribution in [1.82, 2.24) is 9.97 Å². The largest absolute Gasteiger partial charge is 0.373 e. The van der Waals surface area contributed by atoms with Crippen LogP contribution >= 0.6 is 11.6 Å². The summed E-state index contributed by atoms with van der Waals surface area (Å²) in [6.07, 6.45) is 0. The van der Waals surface area contributed by atoms with Gasteiger partial charge in [0.05, 0.1) is 10.7 Å². The first-order valence-corrected chi connectivity index (χ1v) is 5.82. The van der Waals surface area contributed by atoms with Gasteiger partial charge in [-0.15, -0.1) is 0 Å². The molecule has 0 saturated carbocycles. The van der Waals surface area contributed by atoms with Crippen LogP contribution in [0.25, 0.3) is 0 Å². The quantitative estimate of drug-likeness (QED) is 0.794. The van der Waals surface area contributed by atoms with Gasteiger partial charge in [-0.25, -0.2) is 0 Å². The monoisotopic (exact) mass is 263 g/mol. The first kappa shape index (κ1) is 12.4. The minimum atomic E-state index is 0.201. The minimum absolute atomic E-state index is 0.201. The summed E-state index contributed by atoms with van der Waals surface area (Å²) in [5.41, 5.74) is 7.50. The van der Waals surface area contributed by atoms with Crippen molar-refractivity contribution in [3.63, 3.8) is 0 Å². The van der Waals surface area contributed by atoms with Gasteiger partial charge in [0, 0.05) is 13.1 Å². The number of nitrogens with zero attached hydrogens (tertiary/aromatic N) is 2. The molecule has 2 rings (SSSR count). The fraction of sp³-hybridized carbons (Fsp3) is 0.167. The molecule has 94 valence electrons. The first-order chi connectivity index (χ1) is 8.58. The first-order valence-electron chi connectivity index (χ1n) is 5.44. The van der Waals surface area contributed by atoms with Crippen LogP contribution in [-0.4, -0.2) is 17.0 Å². The van der Waals surface area contributed by atoms with Crippen molar-refractivity contribution in [2.45, 2.75) is 6.92 Å². The number of aryl methyl sites for hydroxylation is 1. The maximum absolute atomic E-state index is 6.14. The summed E-state index contributed by atoms with van der Waals surface area (Å²) >= 11 is 6.14. The Morgan fingerprint density at radius 3 is 2.56 bits per heavy atom. The highest BCUT2D eigenvalue weighted by molar-refractivity contribution is 6.33. The molecule has 0 radical (unpaired) electrons. The topological polar surface area (TPSA) is 75.9 Å². The molecule has 4 N–H and O–H groups in total. The lowest BCUT2D eigenvalue weighted by Gasteiger charge is -2.10. The third-order valence-corrected chi connectivity index (χ3v) is 2.70. The molecular weight excluding hydrogens is 250 g/mol. The second-order valence-corrected chi connectivity index (χ2v) is 4.26. The summed E-state index contributed by atoms with van der Waals surface area (Å²) in [5.74, 6) is 1.44. The fourth-order valence-corrected chi connectivity index (χ4v) is 1.80. The van der Waals surface area contributed by atoms with Gasteiger partial charge < -0.3 is 16.4 Å². The predicted molar refractivity (Wildman–Crippen MR) is 75.5 cm³/mol. The number of nitrogens with one attached hydrogen (secondary N) is 2. The average Bonchev–Trinajstić information content (AvgIpc) is 2.32. The maximum atomic E-state index is 6.14.